The van der Waals surface area contributed by atoms with Crippen LogP contribution in [0, 0.1) is 17.1 Å². The lowest BCUT2D eigenvalue weighted by molar-refractivity contribution is 0.0697. The fourth-order valence-corrected chi connectivity index (χ4v) is 1.14. The zero-order valence-corrected chi connectivity index (χ0v) is 9.42. The maximum atomic E-state index is 13.4. The summed E-state index contributed by atoms with van der Waals surface area (Å²) < 4.78 is 13.4. The van der Waals surface area contributed by atoms with Gasteiger partial charge in [0.2, 0.25) is 0 Å². The number of aliphatic hydroxyl groups is 1. The first-order chi connectivity index (χ1) is 7.48. The van der Waals surface area contributed by atoms with E-state index in [0.29, 0.717) is 12.1 Å². The molecule has 1 rings (SSSR count). The highest BCUT2D eigenvalue weighted by Crippen LogP contribution is 2.17. The summed E-state index contributed by atoms with van der Waals surface area (Å²) in [5.41, 5.74) is -0.279. The van der Waals surface area contributed by atoms with Crippen LogP contribution in [-0.4, -0.2) is 17.3 Å². The molecule has 16 heavy (non-hydrogen) atoms. The third-order valence-corrected chi connectivity index (χ3v) is 2.52. The van der Waals surface area contributed by atoms with Crippen LogP contribution in [0.25, 0.3) is 0 Å². The highest BCUT2D eigenvalue weighted by molar-refractivity contribution is 5.48. The van der Waals surface area contributed by atoms with E-state index in [9.17, 15) is 9.50 Å². The van der Waals surface area contributed by atoms with Crippen molar-refractivity contribution in [3.63, 3.8) is 0 Å². The molecule has 86 valence electrons. The lowest BCUT2D eigenvalue weighted by atomic mass is 10.0. The maximum absolute atomic E-state index is 13.4. The Morgan fingerprint density at radius 1 is 1.56 bits per heavy atom. The largest absolute Gasteiger partial charge is 0.388 e. The van der Waals surface area contributed by atoms with Crippen LogP contribution in [0.5, 0.6) is 0 Å². The fourth-order valence-electron chi connectivity index (χ4n) is 1.14. The summed E-state index contributed by atoms with van der Waals surface area (Å²) >= 11 is 0. The average molecular weight is 222 g/mol. The number of benzene rings is 1. The summed E-state index contributed by atoms with van der Waals surface area (Å²) in [7, 11) is 0. The van der Waals surface area contributed by atoms with Gasteiger partial charge in [0.1, 0.15) is 5.82 Å². The van der Waals surface area contributed by atoms with Crippen molar-refractivity contribution in [2.45, 2.75) is 25.9 Å². The topological polar surface area (TPSA) is 56.0 Å². The summed E-state index contributed by atoms with van der Waals surface area (Å²) in [6, 6.07) is 6.06. The molecule has 4 heteroatoms. The predicted octanol–water partition coefficient (Wildman–Crippen LogP) is 2.27. The van der Waals surface area contributed by atoms with Crippen LogP contribution in [0.1, 0.15) is 25.8 Å². The van der Waals surface area contributed by atoms with Gasteiger partial charge >= 0.3 is 0 Å². The molecule has 0 saturated heterocycles. The van der Waals surface area contributed by atoms with Crippen molar-refractivity contribution in [3.8, 4) is 6.07 Å². The molecular weight excluding hydrogens is 207 g/mol. The SMILES string of the molecule is CCC(C)(O)CNc1ccc(C#N)cc1F. The summed E-state index contributed by atoms with van der Waals surface area (Å²) in [5, 5.41) is 21.1. The zero-order chi connectivity index (χ0) is 12.2. The molecule has 1 unspecified atom stereocenters. The second-order valence-corrected chi connectivity index (χ2v) is 4.01. The molecule has 0 saturated carbocycles. The van der Waals surface area contributed by atoms with E-state index in [2.05, 4.69) is 5.32 Å². The van der Waals surface area contributed by atoms with Gasteiger partial charge in [-0.15, -0.1) is 0 Å². The third kappa shape index (κ3) is 3.21. The molecule has 0 heterocycles. The summed E-state index contributed by atoms with van der Waals surface area (Å²) in [4.78, 5) is 0. The Bertz CT molecular complexity index is 410. The van der Waals surface area contributed by atoms with Gasteiger partial charge < -0.3 is 10.4 Å². The van der Waals surface area contributed by atoms with Crippen molar-refractivity contribution in [1.82, 2.24) is 0 Å². The number of nitrogens with zero attached hydrogens (tertiary/aromatic N) is 1. The number of rotatable bonds is 4. The van der Waals surface area contributed by atoms with Crippen LogP contribution in [-0.2, 0) is 0 Å². The molecule has 3 nitrogen and oxygen atoms in total. The molecule has 0 fully saturated rings. The van der Waals surface area contributed by atoms with Gasteiger partial charge in [0.15, 0.2) is 0 Å². The van der Waals surface area contributed by atoms with Crippen molar-refractivity contribution >= 4 is 5.69 Å². The van der Waals surface area contributed by atoms with Gasteiger partial charge in [-0.3, -0.25) is 0 Å². The minimum atomic E-state index is -0.861. The number of nitrogens with one attached hydrogen (secondary N) is 1. The van der Waals surface area contributed by atoms with Gasteiger partial charge in [-0.05, 0) is 31.5 Å². The van der Waals surface area contributed by atoms with Gasteiger partial charge in [0, 0.05) is 6.54 Å². The van der Waals surface area contributed by atoms with Crippen molar-refractivity contribution in [2.75, 3.05) is 11.9 Å². The summed E-state index contributed by atoms with van der Waals surface area (Å²) in [5.74, 6) is -0.481. The predicted molar refractivity (Wildman–Crippen MR) is 60.5 cm³/mol. The van der Waals surface area contributed by atoms with Crippen LogP contribution >= 0.6 is 0 Å². The second kappa shape index (κ2) is 4.95. The lowest BCUT2D eigenvalue weighted by Gasteiger charge is -2.22. The highest BCUT2D eigenvalue weighted by atomic mass is 19.1. The minimum Gasteiger partial charge on any atom is -0.388 e. The molecule has 1 atom stereocenters. The monoisotopic (exact) mass is 222 g/mol. The quantitative estimate of drug-likeness (QED) is 0.821. The van der Waals surface area contributed by atoms with E-state index in [-0.39, 0.29) is 12.1 Å². The van der Waals surface area contributed by atoms with Gasteiger partial charge in [0.05, 0.1) is 22.9 Å². The van der Waals surface area contributed by atoms with Crippen molar-refractivity contribution in [2.24, 2.45) is 0 Å². The van der Waals surface area contributed by atoms with E-state index in [0.717, 1.165) is 0 Å². The van der Waals surface area contributed by atoms with Crippen LogP contribution in [0.2, 0.25) is 0 Å². The Morgan fingerprint density at radius 3 is 2.75 bits per heavy atom. The van der Waals surface area contributed by atoms with Gasteiger partial charge in [-0.1, -0.05) is 6.92 Å². The maximum Gasteiger partial charge on any atom is 0.147 e. The zero-order valence-electron chi connectivity index (χ0n) is 9.42. The Hall–Kier alpha value is -1.60. The van der Waals surface area contributed by atoms with Crippen molar-refractivity contribution in [3.05, 3.63) is 29.6 Å². The molecule has 0 aromatic heterocycles. The number of hydrogen-bond donors (Lipinski definition) is 2. The van der Waals surface area contributed by atoms with Crippen molar-refractivity contribution < 1.29 is 9.50 Å². The second-order valence-electron chi connectivity index (χ2n) is 4.01. The molecule has 0 radical (unpaired) electrons. The summed E-state index contributed by atoms with van der Waals surface area (Å²) in [6.45, 7) is 3.81. The Kier molecular flexibility index (Phi) is 3.86. The van der Waals surface area contributed by atoms with E-state index in [1.807, 2.05) is 13.0 Å². The number of nitriles is 1. The standard InChI is InChI=1S/C12H15FN2O/c1-3-12(2,16)8-15-11-5-4-9(7-14)6-10(11)13/h4-6,15-16H,3,8H2,1-2H3. The number of hydrogen-bond acceptors (Lipinski definition) is 3. The highest BCUT2D eigenvalue weighted by Gasteiger charge is 2.17. The van der Waals surface area contributed by atoms with Crippen LogP contribution in [0.4, 0.5) is 10.1 Å². The minimum absolute atomic E-state index is 0.270. The van der Waals surface area contributed by atoms with Gasteiger partial charge in [-0.25, -0.2) is 4.39 Å². The molecule has 0 amide bonds. The molecular formula is C12H15FN2O. The summed E-state index contributed by atoms with van der Waals surface area (Å²) in [6.07, 6.45) is 0.581. The van der Waals surface area contributed by atoms with E-state index in [1.165, 1.54) is 18.2 Å². The third-order valence-electron chi connectivity index (χ3n) is 2.52. The number of halogens is 1. The normalized spacial score (nSPS) is 13.9. The molecule has 2 N–H and O–H groups in total. The fraction of sp³-hybridized carbons (Fsp3) is 0.417. The Labute approximate surface area is 94.5 Å². The van der Waals surface area contributed by atoms with Crippen molar-refractivity contribution in [1.29, 1.82) is 5.26 Å². The van der Waals surface area contributed by atoms with Crippen LogP contribution < -0.4 is 5.32 Å². The molecule has 0 aliphatic heterocycles. The van der Waals surface area contributed by atoms with E-state index >= 15 is 0 Å². The average Bonchev–Trinajstić information content (AvgIpc) is 2.27. The Morgan fingerprint density at radius 2 is 2.25 bits per heavy atom. The molecule has 1 aromatic carbocycles. The first-order valence-electron chi connectivity index (χ1n) is 5.14. The van der Waals surface area contributed by atoms with E-state index in [1.54, 1.807) is 6.92 Å². The first kappa shape index (κ1) is 12.5. The lowest BCUT2D eigenvalue weighted by Crippen LogP contribution is -2.32. The van der Waals surface area contributed by atoms with Crippen LogP contribution in [0.15, 0.2) is 18.2 Å². The van der Waals surface area contributed by atoms with Gasteiger partial charge in [-0.2, -0.15) is 5.26 Å². The molecule has 1 aromatic rings. The number of anilines is 1. The molecule has 0 spiro atoms. The molecule has 0 aliphatic carbocycles. The molecule has 0 bridgehead atoms. The smallest absolute Gasteiger partial charge is 0.147 e. The van der Waals surface area contributed by atoms with Gasteiger partial charge in [0.25, 0.3) is 0 Å². The van der Waals surface area contributed by atoms with E-state index < -0.39 is 11.4 Å². The van der Waals surface area contributed by atoms with E-state index in [4.69, 9.17) is 5.26 Å². The van der Waals surface area contributed by atoms with Crippen LogP contribution in [0.3, 0.4) is 0 Å². The first-order valence-corrected chi connectivity index (χ1v) is 5.14. The Balaban J connectivity index is 2.73. The molecule has 0 aliphatic rings.